The molecular formula is C15H13N3O2. The molecule has 20 heavy (non-hydrogen) atoms. The third-order valence-corrected chi connectivity index (χ3v) is 2.97. The normalized spacial score (nSPS) is 10.7. The lowest BCUT2D eigenvalue weighted by Crippen LogP contribution is -2.20. The van der Waals surface area contributed by atoms with Crippen molar-refractivity contribution in [1.29, 1.82) is 0 Å². The van der Waals surface area contributed by atoms with Crippen molar-refractivity contribution < 1.29 is 9.53 Å². The minimum Gasteiger partial charge on any atom is -0.484 e. The number of nitrogens with zero attached hydrogens (tertiary/aromatic N) is 3. The van der Waals surface area contributed by atoms with E-state index in [9.17, 15) is 4.79 Å². The van der Waals surface area contributed by atoms with Gasteiger partial charge in [0, 0.05) is 0 Å². The third kappa shape index (κ3) is 2.38. The van der Waals surface area contributed by atoms with Crippen LogP contribution >= 0.6 is 0 Å². The van der Waals surface area contributed by atoms with Gasteiger partial charge in [0.1, 0.15) is 11.3 Å². The molecule has 0 amide bonds. The molecule has 0 aliphatic carbocycles. The number of hydrogen-bond donors (Lipinski definition) is 0. The van der Waals surface area contributed by atoms with Crippen LogP contribution in [-0.2, 0) is 0 Å². The maximum atomic E-state index is 12.1. The highest BCUT2D eigenvalue weighted by Gasteiger charge is 2.12. The first-order valence-electron chi connectivity index (χ1n) is 6.27. The molecule has 0 saturated heterocycles. The smallest absolute Gasteiger partial charge is 0.286 e. The highest BCUT2D eigenvalue weighted by atomic mass is 16.5. The van der Waals surface area contributed by atoms with Crippen molar-refractivity contribution in [3.8, 4) is 5.75 Å². The Labute approximate surface area is 115 Å². The van der Waals surface area contributed by atoms with Crippen molar-refractivity contribution in [2.45, 2.75) is 6.92 Å². The predicted molar refractivity (Wildman–Crippen MR) is 74.8 cm³/mol. The molecule has 0 saturated carbocycles. The minimum atomic E-state index is -0.251. The van der Waals surface area contributed by atoms with Crippen molar-refractivity contribution in [3.63, 3.8) is 0 Å². The summed E-state index contributed by atoms with van der Waals surface area (Å²) in [7, 11) is 0. The first-order chi connectivity index (χ1) is 9.74. The van der Waals surface area contributed by atoms with E-state index in [2.05, 4.69) is 10.3 Å². The summed E-state index contributed by atoms with van der Waals surface area (Å²) in [5, 5.41) is 7.80. The summed E-state index contributed by atoms with van der Waals surface area (Å²) < 4.78 is 6.72. The van der Waals surface area contributed by atoms with Gasteiger partial charge in [-0.2, -0.15) is 4.68 Å². The molecule has 0 bridgehead atoms. The van der Waals surface area contributed by atoms with Gasteiger partial charge in [0.25, 0.3) is 5.91 Å². The average molecular weight is 267 g/mol. The van der Waals surface area contributed by atoms with Crippen LogP contribution in [0, 0.1) is 6.92 Å². The summed E-state index contributed by atoms with van der Waals surface area (Å²) in [5.41, 5.74) is 2.52. The molecule has 0 aliphatic heterocycles. The van der Waals surface area contributed by atoms with E-state index in [0.717, 1.165) is 5.56 Å². The first-order valence-corrected chi connectivity index (χ1v) is 6.27. The summed E-state index contributed by atoms with van der Waals surface area (Å²) >= 11 is 0. The Kier molecular flexibility index (Phi) is 3.16. The number of ether oxygens (including phenoxy) is 1. The highest BCUT2D eigenvalue weighted by molar-refractivity contribution is 5.89. The van der Waals surface area contributed by atoms with Crippen LogP contribution in [-0.4, -0.2) is 27.5 Å². The number of benzene rings is 2. The second-order valence-corrected chi connectivity index (χ2v) is 4.49. The molecule has 1 heterocycles. The van der Waals surface area contributed by atoms with Gasteiger partial charge in [-0.25, -0.2) is 0 Å². The van der Waals surface area contributed by atoms with E-state index in [0.29, 0.717) is 16.8 Å². The van der Waals surface area contributed by atoms with Crippen LogP contribution in [0.25, 0.3) is 11.0 Å². The fourth-order valence-corrected chi connectivity index (χ4v) is 1.89. The standard InChI is InChI=1S/C15H13N3O2/c1-11-6-8-12(9-7-11)20-10-15(19)18-14-5-3-2-4-13(14)16-17-18/h2-9H,10H2,1H3. The number of aryl methyl sites for hydroxylation is 1. The van der Waals surface area contributed by atoms with Crippen molar-refractivity contribution in [2.24, 2.45) is 0 Å². The largest absolute Gasteiger partial charge is 0.484 e. The van der Waals surface area contributed by atoms with Crippen LogP contribution in [0.4, 0.5) is 0 Å². The molecule has 1 aromatic heterocycles. The molecule has 3 rings (SSSR count). The number of rotatable bonds is 3. The Morgan fingerprint density at radius 1 is 1.15 bits per heavy atom. The van der Waals surface area contributed by atoms with Crippen LogP contribution in [0.2, 0.25) is 0 Å². The van der Waals surface area contributed by atoms with Crippen molar-refractivity contribution in [1.82, 2.24) is 15.0 Å². The number of fused-ring (bicyclic) bond motifs is 1. The van der Waals surface area contributed by atoms with E-state index in [1.54, 1.807) is 6.07 Å². The summed E-state index contributed by atoms with van der Waals surface area (Å²) in [6.45, 7) is 1.92. The summed E-state index contributed by atoms with van der Waals surface area (Å²) in [6, 6.07) is 14.9. The van der Waals surface area contributed by atoms with Gasteiger partial charge < -0.3 is 4.74 Å². The lowest BCUT2D eigenvalue weighted by atomic mass is 10.2. The monoisotopic (exact) mass is 267 g/mol. The molecule has 0 fully saturated rings. The molecule has 100 valence electrons. The van der Waals surface area contributed by atoms with Crippen LogP contribution in [0.5, 0.6) is 5.75 Å². The fraction of sp³-hybridized carbons (Fsp3) is 0.133. The lowest BCUT2D eigenvalue weighted by Gasteiger charge is -2.05. The van der Waals surface area contributed by atoms with E-state index in [-0.39, 0.29) is 12.5 Å². The van der Waals surface area contributed by atoms with E-state index >= 15 is 0 Å². The molecule has 0 aliphatic rings. The maximum absolute atomic E-state index is 12.1. The molecule has 0 N–H and O–H groups in total. The van der Waals surface area contributed by atoms with E-state index in [1.165, 1.54) is 4.68 Å². The third-order valence-electron chi connectivity index (χ3n) is 2.97. The Hall–Kier alpha value is -2.69. The zero-order valence-corrected chi connectivity index (χ0v) is 11.0. The molecule has 0 spiro atoms. The van der Waals surface area contributed by atoms with Gasteiger partial charge in [0.2, 0.25) is 0 Å². The second-order valence-electron chi connectivity index (χ2n) is 4.49. The van der Waals surface area contributed by atoms with Gasteiger partial charge in [-0.15, -0.1) is 5.10 Å². The SMILES string of the molecule is Cc1ccc(OCC(=O)n2nnc3ccccc32)cc1. The summed E-state index contributed by atoms with van der Waals surface area (Å²) in [4.78, 5) is 12.1. The van der Waals surface area contributed by atoms with Crippen LogP contribution in [0.1, 0.15) is 10.4 Å². The Balaban J connectivity index is 1.75. The van der Waals surface area contributed by atoms with Gasteiger partial charge in [0.05, 0.1) is 5.52 Å². The number of carbonyl (C=O) groups is 1. The lowest BCUT2D eigenvalue weighted by molar-refractivity contribution is 0.0824. The number of aromatic nitrogens is 3. The van der Waals surface area contributed by atoms with Gasteiger partial charge in [0.15, 0.2) is 6.61 Å². The van der Waals surface area contributed by atoms with Gasteiger partial charge >= 0.3 is 0 Å². The van der Waals surface area contributed by atoms with Crippen LogP contribution in [0.3, 0.4) is 0 Å². The van der Waals surface area contributed by atoms with Gasteiger partial charge in [-0.3, -0.25) is 4.79 Å². The quantitative estimate of drug-likeness (QED) is 0.731. The average Bonchev–Trinajstić information content (AvgIpc) is 2.90. The summed E-state index contributed by atoms with van der Waals surface area (Å²) in [5.74, 6) is 0.410. The van der Waals surface area contributed by atoms with Crippen molar-refractivity contribution >= 4 is 16.9 Å². The Bertz CT molecular complexity index is 747. The van der Waals surface area contributed by atoms with Gasteiger partial charge in [-0.1, -0.05) is 35.0 Å². The Morgan fingerprint density at radius 2 is 1.90 bits per heavy atom. The summed E-state index contributed by atoms with van der Waals surface area (Å²) in [6.07, 6.45) is 0. The molecule has 0 radical (unpaired) electrons. The highest BCUT2D eigenvalue weighted by Crippen LogP contribution is 2.12. The molecular weight excluding hydrogens is 254 g/mol. The van der Waals surface area contributed by atoms with E-state index in [1.807, 2.05) is 49.4 Å². The maximum Gasteiger partial charge on any atom is 0.286 e. The molecule has 5 heteroatoms. The first kappa shape index (κ1) is 12.3. The predicted octanol–water partition coefficient (Wildman–Crippen LogP) is 2.46. The van der Waals surface area contributed by atoms with Crippen LogP contribution < -0.4 is 4.74 Å². The van der Waals surface area contributed by atoms with Crippen molar-refractivity contribution in [3.05, 3.63) is 54.1 Å². The zero-order valence-electron chi connectivity index (χ0n) is 11.0. The second kappa shape index (κ2) is 5.13. The van der Waals surface area contributed by atoms with E-state index < -0.39 is 0 Å². The topological polar surface area (TPSA) is 57.0 Å². The van der Waals surface area contributed by atoms with Crippen molar-refractivity contribution in [2.75, 3.05) is 6.61 Å². The number of hydrogen-bond acceptors (Lipinski definition) is 4. The zero-order chi connectivity index (χ0) is 13.9. The van der Waals surface area contributed by atoms with Gasteiger partial charge in [-0.05, 0) is 31.2 Å². The molecule has 0 atom stereocenters. The van der Waals surface area contributed by atoms with Crippen LogP contribution in [0.15, 0.2) is 48.5 Å². The minimum absolute atomic E-state index is 0.0730. The number of carbonyl (C=O) groups excluding carboxylic acids is 1. The molecule has 3 aromatic rings. The Morgan fingerprint density at radius 3 is 2.70 bits per heavy atom. The molecule has 2 aromatic carbocycles. The van der Waals surface area contributed by atoms with E-state index in [4.69, 9.17) is 4.74 Å². The number of para-hydroxylation sites is 1. The molecule has 0 unspecified atom stereocenters. The fourth-order valence-electron chi connectivity index (χ4n) is 1.89. The molecule has 5 nitrogen and oxygen atoms in total.